The molecule has 1 N–H and O–H groups in total. The van der Waals surface area contributed by atoms with Gasteiger partial charge in [0.1, 0.15) is 11.6 Å². The van der Waals surface area contributed by atoms with E-state index in [1.165, 1.54) is 25.3 Å². The molecule has 27 heavy (non-hydrogen) atoms. The predicted molar refractivity (Wildman–Crippen MR) is 103 cm³/mol. The number of aryl methyl sites for hydroxylation is 1. The number of benzene rings is 2. The minimum Gasteiger partial charge on any atom is -0.466 e. The monoisotopic (exact) mass is 388 g/mol. The Morgan fingerprint density at radius 2 is 1.93 bits per heavy atom. The molecule has 2 aromatic rings. The number of nitrogens with zero attached hydrogens (tertiary/aromatic N) is 1. The Bertz CT molecular complexity index is 959. The fourth-order valence-electron chi connectivity index (χ4n) is 3.09. The maximum Gasteiger partial charge on any atom is 0.337 e. The third kappa shape index (κ3) is 3.55. The number of methoxy groups -OCH3 is 1. The van der Waals surface area contributed by atoms with E-state index in [1.807, 2.05) is 0 Å². The number of hydrogen-bond donors (Lipinski definition) is 1. The Morgan fingerprint density at radius 3 is 2.56 bits per heavy atom. The lowest BCUT2D eigenvalue weighted by Gasteiger charge is -2.37. The van der Waals surface area contributed by atoms with E-state index in [4.69, 9.17) is 17.0 Å². The van der Waals surface area contributed by atoms with Crippen LogP contribution in [0.5, 0.6) is 0 Å². The van der Waals surface area contributed by atoms with Crippen molar-refractivity contribution in [3.05, 3.63) is 76.5 Å². The van der Waals surface area contributed by atoms with Crippen molar-refractivity contribution in [3.8, 4) is 0 Å². The first-order valence-electron chi connectivity index (χ1n) is 8.24. The fraction of sp³-hybridized carbons (Fsp3) is 0.200. The van der Waals surface area contributed by atoms with Crippen LogP contribution in [-0.4, -0.2) is 18.2 Å². The Labute approximate surface area is 161 Å². The molecule has 1 aliphatic rings. The van der Waals surface area contributed by atoms with Gasteiger partial charge in [-0.15, -0.1) is 0 Å². The third-order valence-electron chi connectivity index (χ3n) is 4.49. The molecule has 1 aliphatic heterocycles. The Hall–Kier alpha value is -2.80. The summed E-state index contributed by atoms with van der Waals surface area (Å²) in [5.41, 5.74) is 2.28. The molecule has 0 aliphatic carbocycles. The van der Waals surface area contributed by atoms with E-state index < -0.39 is 17.8 Å². The first-order chi connectivity index (χ1) is 12.8. The molecule has 4 nitrogen and oxygen atoms in total. The summed E-state index contributed by atoms with van der Waals surface area (Å²) in [4.78, 5) is 14.1. The number of carbonyl (C=O) groups is 1. The lowest BCUT2D eigenvalue weighted by atomic mass is 9.94. The van der Waals surface area contributed by atoms with Crippen LogP contribution in [-0.2, 0) is 9.53 Å². The molecule has 140 valence electrons. The van der Waals surface area contributed by atoms with Gasteiger partial charge in [0, 0.05) is 5.70 Å². The zero-order valence-electron chi connectivity index (χ0n) is 15.0. The normalized spacial score (nSPS) is 17.0. The van der Waals surface area contributed by atoms with E-state index in [1.54, 1.807) is 43.0 Å². The largest absolute Gasteiger partial charge is 0.466 e. The number of carbonyl (C=O) groups excluding carboxylic acids is 1. The van der Waals surface area contributed by atoms with Crippen LogP contribution < -0.4 is 10.2 Å². The van der Waals surface area contributed by atoms with E-state index in [-0.39, 0.29) is 16.5 Å². The van der Waals surface area contributed by atoms with Crippen molar-refractivity contribution in [1.82, 2.24) is 5.32 Å². The molecule has 3 rings (SSSR count). The molecule has 0 aromatic heterocycles. The van der Waals surface area contributed by atoms with Gasteiger partial charge in [-0.2, -0.15) is 0 Å². The van der Waals surface area contributed by atoms with E-state index in [9.17, 15) is 13.6 Å². The summed E-state index contributed by atoms with van der Waals surface area (Å²) in [6.07, 6.45) is 0. The molecule has 2 aromatic carbocycles. The molecule has 0 saturated carbocycles. The molecule has 0 saturated heterocycles. The zero-order valence-corrected chi connectivity index (χ0v) is 15.9. The number of ether oxygens (including phenoxy) is 1. The maximum absolute atomic E-state index is 14.1. The smallest absolute Gasteiger partial charge is 0.337 e. The SMILES string of the molecule is COC(=O)C1=C(C)N(c2ccc(C)c(F)c2)C(=S)N[C@H]1c1cccc(F)c1. The van der Waals surface area contributed by atoms with Crippen LogP contribution in [0.15, 0.2) is 53.7 Å². The van der Waals surface area contributed by atoms with Crippen LogP contribution >= 0.6 is 12.2 Å². The second-order valence-electron chi connectivity index (χ2n) is 6.20. The van der Waals surface area contributed by atoms with Crippen LogP contribution in [0.1, 0.15) is 24.1 Å². The summed E-state index contributed by atoms with van der Waals surface area (Å²) in [5, 5.41) is 3.32. The molecule has 0 amide bonds. The van der Waals surface area contributed by atoms with E-state index in [0.717, 1.165) is 0 Å². The van der Waals surface area contributed by atoms with Crippen molar-refractivity contribution in [1.29, 1.82) is 0 Å². The first kappa shape index (κ1) is 19.0. The van der Waals surface area contributed by atoms with Gasteiger partial charge >= 0.3 is 5.97 Å². The Balaban J connectivity index is 2.15. The molecular formula is C20H18F2N2O2S. The zero-order chi connectivity index (χ0) is 19.7. The van der Waals surface area contributed by atoms with Crippen molar-refractivity contribution in [2.45, 2.75) is 19.9 Å². The molecule has 0 spiro atoms. The van der Waals surface area contributed by atoms with Gasteiger partial charge in [-0.3, -0.25) is 4.90 Å². The highest BCUT2D eigenvalue weighted by molar-refractivity contribution is 7.80. The molecule has 0 radical (unpaired) electrons. The number of hydrogen-bond acceptors (Lipinski definition) is 3. The van der Waals surface area contributed by atoms with Crippen LogP contribution in [0.25, 0.3) is 0 Å². The third-order valence-corrected chi connectivity index (χ3v) is 4.79. The topological polar surface area (TPSA) is 41.6 Å². The predicted octanol–water partition coefficient (Wildman–Crippen LogP) is 4.16. The number of nitrogens with one attached hydrogen (secondary N) is 1. The highest BCUT2D eigenvalue weighted by Gasteiger charge is 2.35. The number of halogens is 2. The van der Waals surface area contributed by atoms with Gasteiger partial charge < -0.3 is 10.1 Å². The second kappa shape index (κ2) is 7.44. The number of esters is 1. The molecular weight excluding hydrogens is 370 g/mol. The second-order valence-corrected chi connectivity index (χ2v) is 6.58. The van der Waals surface area contributed by atoms with Crippen LogP contribution in [0.2, 0.25) is 0 Å². The van der Waals surface area contributed by atoms with Gasteiger partial charge in [0.2, 0.25) is 0 Å². The lowest BCUT2D eigenvalue weighted by Crippen LogP contribution is -2.48. The Kier molecular flexibility index (Phi) is 5.23. The quantitative estimate of drug-likeness (QED) is 0.632. The summed E-state index contributed by atoms with van der Waals surface area (Å²) < 4.78 is 32.7. The van der Waals surface area contributed by atoms with Gasteiger partial charge in [0.05, 0.1) is 24.4 Å². The summed E-state index contributed by atoms with van der Waals surface area (Å²) in [7, 11) is 1.27. The minimum absolute atomic E-state index is 0.276. The van der Waals surface area contributed by atoms with Gasteiger partial charge in [-0.25, -0.2) is 13.6 Å². The standard InChI is InChI=1S/C20H18F2N2O2S/c1-11-7-8-15(10-16(11)22)24-12(2)17(19(25)26-3)18(23-20(24)27)13-5-4-6-14(21)9-13/h4-10,18H,1-3H3,(H,23,27)/t18-/m0/s1. The van der Waals surface area contributed by atoms with Crippen molar-refractivity contribution >= 4 is 29.0 Å². The van der Waals surface area contributed by atoms with Crippen molar-refractivity contribution in [2.75, 3.05) is 12.0 Å². The summed E-state index contributed by atoms with van der Waals surface area (Å²) in [6, 6.07) is 9.93. The van der Waals surface area contributed by atoms with E-state index in [0.29, 0.717) is 22.5 Å². The highest BCUT2D eigenvalue weighted by atomic mass is 32.1. The van der Waals surface area contributed by atoms with Crippen molar-refractivity contribution in [2.24, 2.45) is 0 Å². The summed E-state index contributed by atoms with van der Waals surface area (Å²) in [6.45, 7) is 3.36. The van der Waals surface area contributed by atoms with Crippen LogP contribution in [0.4, 0.5) is 14.5 Å². The molecule has 7 heteroatoms. The number of allylic oxidation sites excluding steroid dienone is 1. The van der Waals surface area contributed by atoms with Gasteiger partial charge in [-0.1, -0.05) is 18.2 Å². The lowest BCUT2D eigenvalue weighted by molar-refractivity contribution is -0.136. The highest BCUT2D eigenvalue weighted by Crippen LogP contribution is 2.34. The van der Waals surface area contributed by atoms with Gasteiger partial charge in [0.25, 0.3) is 0 Å². The van der Waals surface area contributed by atoms with E-state index in [2.05, 4.69) is 5.32 Å². The number of anilines is 1. The number of rotatable bonds is 3. The molecule has 0 bridgehead atoms. The summed E-state index contributed by atoms with van der Waals surface area (Å²) in [5.74, 6) is -1.38. The molecule has 0 fully saturated rings. The summed E-state index contributed by atoms with van der Waals surface area (Å²) >= 11 is 5.46. The maximum atomic E-state index is 14.1. The van der Waals surface area contributed by atoms with Crippen LogP contribution in [0.3, 0.4) is 0 Å². The van der Waals surface area contributed by atoms with Gasteiger partial charge in [0.15, 0.2) is 5.11 Å². The van der Waals surface area contributed by atoms with Crippen molar-refractivity contribution < 1.29 is 18.3 Å². The average molecular weight is 388 g/mol. The molecule has 0 unspecified atom stereocenters. The Morgan fingerprint density at radius 1 is 1.19 bits per heavy atom. The van der Waals surface area contributed by atoms with E-state index >= 15 is 0 Å². The van der Waals surface area contributed by atoms with Crippen molar-refractivity contribution in [3.63, 3.8) is 0 Å². The molecule has 1 heterocycles. The minimum atomic E-state index is -0.674. The average Bonchev–Trinajstić information content (AvgIpc) is 2.63. The first-order valence-corrected chi connectivity index (χ1v) is 8.65. The fourth-order valence-corrected chi connectivity index (χ4v) is 3.45. The molecule has 1 atom stereocenters. The van der Waals surface area contributed by atoms with Gasteiger partial charge in [-0.05, 0) is 61.5 Å². The number of thiocarbonyl (C=S) groups is 1. The van der Waals surface area contributed by atoms with Crippen LogP contribution in [0, 0.1) is 18.6 Å².